The fourth-order valence-corrected chi connectivity index (χ4v) is 2.85. The van der Waals surface area contributed by atoms with Crippen molar-refractivity contribution in [3.8, 4) is 0 Å². The van der Waals surface area contributed by atoms with Crippen LogP contribution in [0.5, 0.6) is 0 Å². The average Bonchev–Trinajstić information content (AvgIpc) is 2.46. The zero-order chi connectivity index (χ0) is 16.3. The summed E-state index contributed by atoms with van der Waals surface area (Å²) >= 11 is 0. The van der Waals surface area contributed by atoms with E-state index in [1.54, 1.807) is 0 Å². The molecule has 1 aliphatic rings. The number of piperidine rings is 1. The van der Waals surface area contributed by atoms with E-state index in [2.05, 4.69) is 26.0 Å². The van der Waals surface area contributed by atoms with Gasteiger partial charge in [-0.25, -0.2) is 4.79 Å². The molecule has 2 rings (SSSR count). The number of nitrogens with zero attached hydrogens (tertiary/aromatic N) is 1. The van der Waals surface area contributed by atoms with Crippen LogP contribution in [0.25, 0.3) is 0 Å². The zero-order valence-corrected chi connectivity index (χ0v) is 14.0. The maximum atomic E-state index is 12.1. The molecular formula is C19H27NO2. The van der Waals surface area contributed by atoms with Gasteiger partial charge in [-0.05, 0) is 70.4 Å². The molecule has 1 fully saturated rings. The van der Waals surface area contributed by atoms with E-state index in [-0.39, 0.29) is 12.0 Å². The quantitative estimate of drug-likeness (QED) is 0.808. The van der Waals surface area contributed by atoms with E-state index in [4.69, 9.17) is 4.74 Å². The molecule has 1 unspecified atom stereocenters. The third-order valence-corrected chi connectivity index (χ3v) is 4.17. The van der Waals surface area contributed by atoms with Crippen molar-refractivity contribution in [3.05, 3.63) is 49.2 Å². The van der Waals surface area contributed by atoms with Crippen molar-refractivity contribution >= 4 is 6.09 Å². The molecule has 0 bridgehead atoms. The molecule has 1 aliphatic heterocycles. The van der Waals surface area contributed by atoms with Gasteiger partial charge in [0.25, 0.3) is 0 Å². The first kappa shape index (κ1) is 16.9. The van der Waals surface area contributed by atoms with Crippen molar-refractivity contribution in [1.82, 2.24) is 4.90 Å². The summed E-state index contributed by atoms with van der Waals surface area (Å²) in [6.07, 6.45) is 1.74. The molecule has 0 aliphatic carbocycles. The number of amides is 1. The molecule has 1 saturated heterocycles. The van der Waals surface area contributed by atoms with Gasteiger partial charge in [-0.1, -0.05) is 24.3 Å². The smallest absolute Gasteiger partial charge is 0.410 e. The van der Waals surface area contributed by atoms with Crippen LogP contribution >= 0.6 is 0 Å². The second-order valence-electron chi connectivity index (χ2n) is 7.15. The Kier molecular flexibility index (Phi) is 5.15. The normalized spacial score (nSPS) is 18.1. The van der Waals surface area contributed by atoms with Crippen molar-refractivity contribution in [2.24, 2.45) is 5.92 Å². The minimum atomic E-state index is -0.432. The Morgan fingerprint density at radius 1 is 1.23 bits per heavy atom. The van der Waals surface area contributed by atoms with Gasteiger partial charge in [0.15, 0.2) is 0 Å². The van der Waals surface area contributed by atoms with Gasteiger partial charge < -0.3 is 9.64 Å². The highest BCUT2D eigenvalue weighted by molar-refractivity contribution is 5.68. The summed E-state index contributed by atoms with van der Waals surface area (Å²) < 4.78 is 5.44. The number of rotatable bonds is 2. The van der Waals surface area contributed by atoms with Gasteiger partial charge in [0.1, 0.15) is 5.60 Å². The summed E-state index contributed by atoms with van der Waals surface area (Å²) in [7, 11) is 0. The molecule has 1 atom stereocenters. The minimum Gasteiger partial charge on any atom is -0.444 e. The number of likely N-dealkylation sites (tertiary alicyclic amines) is 1. The van der Waals surface area contributed by atoms with Gasteiger partial charge in [-0.15, -0.1) is 0 Å². The van der Waals surface area contributed by atoms with Gasteiger partial charge >= 0.3 is 6.09 Å². The summed E-state index contributed by atoms with van der Waals surface area (Å²) in [5.74, 6) is 0.774. The summed E-state index contributed by atoms with van der Waals surface area (Å²) in [4.78, 5) is 13.9. The van der Waals surface area contributed by atoms with Gasteiger partial charge in [0.2, 0.25) is 0 Å². The predicted molar refractivity (Wildman–Crippen MR) is 89.5 cm³/mol. The third kappa shape index (κ3) is 4.49. The Bertz CT molecular complexity index is 493. The fraction of sp³-hybridized carbons (Fsp3) is 0.526. The molecule has 1 aromatic carbocycles. The van der Waals surface area contributed by atoms with Crippen LogP contribution in [0.2, 0.25) is 0 Å². The fourth-order valence-electron chi connectivity index (χ4n) is 2.85. The maximum absolute atomic E-state index is 12.1. The lowest BCUT2D eigenvalue weighted by Crippen LogP contribution is -2.42. The van der Waals surface area contributed by atoms with Crippen molar-refractivity contribution in [1.29, 1.82) is 0 Å². The SMILES string of the molecule is [CH2]c1ccc(C([CH2])C2CCN(C(=O)OC(C)(C)C)CC2)cc1. The van der Waals surface area contributed by atoms with E-state index < -0.39 is 5.60 Å². The molecule has 3 heteroatoms. The molecule has 1 heterocycles. The summed E-state index contributed by atoms with van der Waals surface area (Å²) in [6.45, 7) is 15.4. The third-order valence-electron chi connectivity index (χ3n) is 4.17. The monoisotopic (exact) mass is 301 g/mol. The van der Waals surface area contributed by atoms with Crippen LogP contribution in [-0.4, -0.2) is 29.7 Å². The number of hydrogen-bond donors (Lipinski definition) is 0. The molecule has 120 valence electrons. The second-order valence-corrected chi connectivity index (χ2v) is 7.15. The zero-order valence-electron chi connectivity index (χ0n) is 14.0. The van der Waals surface area contributed by atoms with Gasteiger partial charge in [0.05, 0.1) is 0 Å². The minimum absolute atomic E-state index is 0.201. The van der Waals surface area contributed by atoms with Crippen LogP contribution in [0.1, 0.15) is 50.7 Å². The first-order valence-electron chi connectivity index (χ1n) is 7.99. The van der Waals surface area contributed by atoms with Crippen molar-refractivity contribution < 1.29 is 9.53 Å². The molecule has 2 radical (unpaired) electrons. The van der Waals surface area contributed by atoms with Gasteiger partial charge in [0, 0.05) is 13.1 Å². The number of benzene rings is 1. The molecular weight excluding hydrogens is 274 g/mol. The summed E-state index contributed by atoms with van der Waals surface area (Å²) in [5, 5.41) is 0. The lowest BCUT2D eigenvalue weighted by atomic mass is 9.81. The molecule has 0 N–H and O–H groups in total. The van der Waals surface area contributed by atoms with Crippen LogP contribution in [-0.2, 0) is 4.74 Å². The van der Waals surface area contributed by atoms with Crippen LogP contribution < -0.4 is 0 Å². The Balaban J connectivity index is 1.89. The maximum Gasteiger partial charge on any atom is 0.410 e. The highest BCUT2D eigenvalue weighted by Gasteiger charge is 2.29. The van der Waals surface area contributed by atoms with Crippen LogP contribution in [0, 0.1) is 19.8 Å². The largest absolute Gasteiger partial charge is 0.444 e. The first-order valence-corrected chi connectivity index (χ1v) is 7.99. The Morgan fingerprint density at radius 3 is 2.27 bits per heavy atom. The molecule has 0 aromatic heterocycles. The van der Waals surface area contributed by atoms with E-state index in [1.807, 2.05) is 37.8 Å². The van der Waals surface area contributed by atoms with Crippen LogP contribution in [0.3, 0.4) is 0 Å². The van der Waals surface area contributed by atoms with E-state index in [0.717, 1.165) is 31.5 Å². The average molecular weight is 301 g/mol. The van der Waals surface area contributed by atoms with Crippen molar-refractivity contribution in [2.75, 3.05) is 13.1 Å². The second kappa shape index (κ2) is 6.72. The first-order chi connectivity index (χ1) is 10.3. The van der Waals surface area contributed by atoms with E-state index in [0.29, 0.717) is 5.92 Å². The number of carbonyl (C=O) groups excluding carboxylic acids is 1. The van der Waals surface area contributed by atoms with E-state index in [9.17, 15) is 4.79 Å². The molecule has 1 amide bonds. The molecule has 0 spiro atoms. The molecule has 1 aromatic rings. The van der Waals surface area contributed by atoms with Crippen LogP contribution in [0.15, 0.2) is 24.3 Å². The molecule has 3 nitrogen and oxygen atoms in total. The number of ether oxygens (including phenoxy) is 1. The van der Waals surface area contributed by atoms with Crippen LogP contribution in [0.4, 0.5) is 4.79 Å². The highest BCUT2D eigenvalue weighted by atomic mass is 16.6. The highest BCUT2D eigenvalue weighted by Crippen LogP contribution is 2.32. The van der Waals surface area contributed by atoms with E-state index in [1.165, 1.54) is 5.56 Å². The summed E-state index contributed by atoms with van der Waals surface area (Å²) in [6, 6.07) is 8.28. The molecule has 0 saturated carbocycles. The van der Waals surface area contributed by atoms with Crippen molar-refractivity contribution in [2.45, 2.75) is 45.1 Å². The Hall–Kier alpha value is -1.51. The Labute approximate surface area is 134 Å². The number of hydrogen-bond acceptors (Lipinski definition) is 2. The lowest BCUT2D eigenvalue weighted by Gasteiger charge is -2.35. The van der Waals surface area contributed by atoms with Crippen molar-refractivity contribution in [3.63, 3.8) is 0 Å². The topological polar surface area (TPSA) is 29.5 Å². The standard InChI is InChI=1S/C19H27NO2/c1-14-6-8-16(9-7-14)15(2)17-10-12-20(13-11-17)18(21)22-19(3,4)5/h6-9,15,17H,1-2,10-13H2,3-5H3. The lowest BCUT2D eigenvalue weighted by molar-refractivity contribution is 0.0179. The predicted octanol–water partition coefficient (Wildman–Crippen LogP) is 4.43. The van der Waals surface area contributed by atoms with Gasteiger partial charge in [-0.2, -0.15) is 0 Å². The number of carbonyl (C=O) groups is 1. The Morgan fingerprint density at radius 2 is 1.77 bits per heavy atom. The van der Waals surface area contributed by atoms with Gasteiger partial charge in [-0.3, -0.25) is 0 Å². The summed E-state index contributed by atoms with van der Waals surface area (Å²) in [5.41, 5.74) is 1.84. The van der Waals surface area contributed by atoms with E-state index >= 15 is 0 Å². The molecule has 22 heavy (non-hydrogen) atoms.